The maximum absolute atomic E-state index is 13.8. The van der Waals surface area contributed by atoms with E-state index in [-0.39, 0.29) is 16.9 Å². The highest BCUT2D eigenvalue weighted by Gasteiger charge is 2.10. The van der Waals surface area contributed by atoms with Gasteiger partial charge in [0.25, 0.3) is 0 Å². The van der Waals surface area contributed by atoms with Crippen LogP contribution in [0, 0.1) is 5.82 Å². The molecule has 0 aliphatic heterocycles. The Morgan fingerprint density at radius 3 is 3.00 bits per heavy atom. The van der Waals surface area contributed by atoms with E-state index in [0.717, 1.165) is 5.82 Å². The molecule has 5 heteroatoms. The molecule has 18 heavy (non-hydrogen) atoms. The maximum Gasteiger partial charge on any atom is 0.146 e. The molecule has 96 valence electrons. The second-order valence-corrected chi connectivity index (χ2v) is 4.77. The summed E-state index contributed by atoms with van der Waals surface area (Å²) in [6, 6.07) is 5.02. The minimum Gasteiger partial charge on any atom is -0.330 e. The molecule has 0 spiro atoms. The van der Waals surface area contributed by atoms with Crippen LogP contribution in [0.25, 0.3) is 0 Å². The first kappa shape index (κ1) is 13.1. The van der Waals surface area contributed by atoms with Crippen LogP contribution in [0.4, 0.5) is 4.39 Å². The smallest absolute Gasteiger partial charge is 0.146 e. The predicted molar refractivity (Wildman–Crippen MR) is 70.1 cm³/mol. The molecule has 0 saturated carbocycles. The van der Waals surface area contributed by atoms with Crippen molar-refractivity contribution in [2.75, 3.05) is 0 Å². The molecule has 0 aliphatic carbocycles. The van der Waals surface area contributed by atoms with Gasteiger partial charge in [-0.15, -0.1) is 0 Å². The van der Waals surface area contributed by atoms with Crippen LogP contribution >= 0.6 is 11.6 Å². The van der Waals surface area contributed by atoms with Crippen LogP contribution in [0.5, 0.6) is 0 Å². The summed E-state index contributed by atoms with van der Waals surface area (Å²) in [6.07, 6.45) is 4.17. The van der Waals surface area contributed by atoms with Gasteiger partial charge in [-0.05, 0) is 13.0 Å². The molecule has 0 saturated heterocycles. The Balaban J connectivity index is 2.24. The molecule has 3 nitrogen and oxygen atoms in total. The van der Waals surface area contributed by atoms with Crippen LogP contribution in [0.1, 0.15) is 18.3 Å². The van der Waals surface area contributed by atoms with Crippen molar-refractivity contribution >= 4 is 11.6 Å². The van der Waals surface area contributed by atoms with Crippen molar-refractivity contribution in [3.05, 3.63) is 52.8 Å². The Kier molecular flexibility index (Phi) is 3.99. The minimum atomic E-state index is -0.375. The van der Waals surface area contributed by atoms with Gasteiger partial charge in [-0.2, -0.15) is 0 Å². The molecular formula is C13H15ClFN3. The number of hydrogen-bond donors (Lipinski definition) is 1. The number of benzene rings is 1. The molecule has 2 N–H and O–H groups in total. The summed E-state index contributed by atoms with van der Waals surface area (Å²) in [4.78, 5) is 4.23. The number of hydrogen-bond acceptors (Lipinski definition) is 2. The lowest BCUT2D eigenvalue weighted by Gasteiger charge is -2.10. The van der Waals surface area contributed by atoms with Crippen LogP contribution in [0.15, 0.2) is 30.6 Å². The molecular weight excluding hydrogens is 253 g/mol. The monoisotopic (exact) mass is 267 g/mol. The summed E-state index contributed by atoms with van der Waals surface area (Å²) in [5, 5.41) is 0.140. The van der Waals surface area contributed by atoms with Crippen molar-refractivity contribution < 1.29 is 4.39 Å². The zero-order valence-electron chi connectivity index (χ0n) is 10.1. The third-order valence-electron chi connectivity index (χ3n) is 2.68. The fourth-order valence-corrected chi connectivity index (χ4v) is 2.01. The van der Waals surface area contributed by atoms with Gasteiger partial charge in [0, 0.05) is 30.4 Å². The van der Waals surface area contributed by atoms with Crippen LogP contribution in [0.2, 0.25) is 5.02 Å². The largest absolute Gasteiger partial charge is 0.330 e. The van der Waals surface area contributed by atoms with Crippen molar-refractivity contribution in [2.24, 2.45) is 5.73 Å². The first-order valence-corrected chi connectivity index (χ1v) is 6.14. The minimum absolute atomic E-state index is 0.0235. The number of nitrogens with two attached hydrogens (primary N) is 1. The number of halogens is 2. The lowest BCUT2D eigenvalue weighted by Crippen LogP contribution is -2.20. The second-order valence-electron chi connectivity index (χ2n) is 4.37. The van der Waals surface area contributed by atoms with E-state index in [1.165, 1.54) is 6.07 Å². The molecule has 0 fully saturated rings. The number of rotatable bonds is 4. The van der Waals surface area contributed by atoms with E-state index in [1.54, 1.807) is 18.3 Å². The van der Waals surface area contributed by atoms with Crippen molar-refractivity contribution in [3.8, 4) is 0 Å². The number of aromatic nitrogens is 2. The fraction of sp³-hybridized carbons (Fsp3) is 0.308. The molecule has 1 atom stereocenters. The van der Waals surface area contributed by atoms with E-state index < -0.39 is 0 Å². The molecule has 1 unspecified atom stereocenters. The van der Waals surface area contributed by atoms with Gasteiger partial charge in [0.15, 0.2) is 0 Å². The first-order chi connectivity index (χ1) is 8.58. The summed E-state index contributed by atoms with van der Waals surface area (Å²) in [5.41, 5.74) is 6.30. The van der Waals surface area contributed by atoms with Gasteiger partial charge in [-0.25, -0.2) is 9.37 Å². The molecule has 1 aromatic carbocycles. The zero-order chi connectivity index (χ0) is 13.1. The Labute approximate surface area is 110 Å². The Bertz CT molecular complexity index is 537. The van der Waals surface area contributed by atoms with Gasteiger partial charge in [0.2, 0.25) is 0 Å². The van der Waals surface area contributed by atoms with Gasteiger partial charge in [0.1, 0.15) is 11.6 Å². The SMILES string of the molecule is CC(N)Cc1nccn1Cc1cccc(Cl)c1F. The summed E-state index contributed by atoms with van der Waals surface area (Å²) >= 11 is 5.76. The maximum atomic E-state index is 13.8. The van der Waals surface area contributed by atoms with Gasteiger partial charge in [-0.1, -0.05) is 23.7 Å². The molecule has 1 aromatic heterocycles. The van der Waals surface area contributed by atoms with E-state index in [9.17, 15) is 4.39 Å². The van der Waals surface area contributed by atoms with Crippen molar-refractivity contribution in [1.82, 2.24) is 9.55 Å². The van der Waals surface area contributed by atoms with Crippen molar-refractivity contribution in [2.45, 2.75) is 25.9 Å². The number of imidazole rings is 1. The second kappa shape index (κ2) is 5.50. The lowest BCUT2D eigenvalue weighted by atomic mass is 10.2. The van der Waals surface area contributed by atoms with Gasteiger partial charge < -0.3 is 10.3 Å². The molecule has 1 heterocycles. The third kappa shape index (κ3) is 2.89. The van der Waals surface area contributed by atoms with Crippen LogP contribution in [0.3, 0.4) is 0 Å². The molecule has 0 amide bonds. The highest BCUT2D eigenvalue weighted by molar-refractivity contribution is 6.30. The first-order valence-electron chi connectivity index (χ1n) is 5.76. The van der Waals surface area contributed by atoms with E-state index in [4.69, 9.17) is 17.3 Å². The van der Waals surface area contributed by atoms with Gasteiger partial charge in [0.05, 0.1) is 11.6 Å². The summed E-state index contributed by atoms with van der Waals surface area (Å²) in [6.45, 7) is 2.33. The van der Waals surface area contributed by atoms with Gasteiger partial charge in [-0.3, -0.25) is 0 Å². The molecule has 2 aromatic rings. The van der Waals surface area contributed by atoms with Crippen LogP contribution in [-0.2, 0) is 13.0 Å². The highest BCUT2D eigenvalue weighted by atomic mass is 35.5. The summed E-state index contributed by atoms with van der Waals surface area (Å²) < 4.78 is 15.7. The third-order valence-corrected chi connectivity index (χ3v) is 2.97. The average Bonchev–Trinajstić information content (AvgIpc) is 2.72. The van der Waals surface area contributed by atoms with Crippen molar-refractivity contribution in [3.63, 3.8) is 0 Å². The Morgan fingerprint density at radius 2 is 2.28 bits per heavy atom. The molecule has 0 radical (unpaired) electrons. The van der Waals surface area contributed by atoms with E-state index in [1.807, 2.05) is 17.7 Å². The lowest BCUT2D eigenvalue weighted by molar-refractivity contribution is 0.588. The standard InChI is InChI=1S/C13H15ClFN3/c1-9(16)7-12-17-5-6-18(12)8-10-3-2-4-11(14)13(10)15/h2-6,9H,7-8,16H2,1H3. The Hall–Kier alpha value is -1.39. The normalized spacial score (nSPS) is 12.7. The molecule has 0 bridgehead atoms. The zero-order valence-corrected chi connectivity index (χ0v) is 10.9. The molecule has 2 rings (SSSR count). The van der Waals surface area contributed by atoms with E-state index in [0.29, 0.717) is 18.5 Å². The predicted octanol–water partition coefficient (Wildman–Crippen LogP) is 2.61. The molecule has 0 aliphatic rings. The van der Waals surface area contributed by atoms with Crippen molar-refractivity contribution in [1.29, 1.82) is 0 Å². The number of nitrogens with zero attached hydrogens (tertiary/aromatic N) is 2. The topological polar surface area (TPSA) is 43.8 Å². The Morgan fingerprint density at radius 1 is 1.50 bits per heavy atom. The highest BCUT2D eigenvalue weighted by Crippen LogP contribution is 2.19. The van der Waals surface area contributed by atoms with Crippen LogP contribution < -0.4 is 5.73 Å². The van der Waals surface area contributed by atoms with Gasteiger partial charge >= 0.3 is 0 Å². The fourth-order valence-electron chi connectivity index (χ4n) is 1.82. The summed E-state index contributed by atoms with van der Waals surface area (Å²) in [5.74, 6) is 0.476. The van der Waals surface area contributed by atoms with Crippen LogP contribution in [-0.4, -0.2) is 15.6 Å². The summed E-state index contributed by atoms with van der Waals surface area (Å²) in [7, 11) is 0. The quantitative estimate of drug-likeness (QED) is 0.925. The van der Waals surface area contributed by atoms with E-state index in [2.05, 4.69) is 4.98 Å². The average molecular weight is 268 g/mol. The van der Waals surface area contributed by atoms with E-state index >= 15 is 0 Å².